The highest BCUT2D eigenvalue weighted by atomic mass is 35.5. The predicted molar refractivity (Wildman–Crippen MR) is 40.5 cm³/mol. The highest BCUT2D eigenvalue weighted by Gasteiger charge is 2.08. The lowest BCUT2D eigenvalue weighted by Crippen LogP contribution is -2.02. The van der Waals surface area contributed by atoms with Crippen LogP contribution in [0.5, 0.6) is 0 Å². The summed E-state index contributed by atoms with van der Waals surface area (Å²) in [5.74, 6) is -1.44. The summed E-state index contributed by atoms with van der Waals surface area (Å²) in [7, 11) is 1.20. The molecule has 0 aliphatic heterocycles. The third-order valence-corrected chi connectivity index (χ3v) is 1.38. The van der Waals surface area contributed by atoms with E-state index in [1.807, 2.05) is 0 Å². The van der Waals surface area contributed by atoms with Crippen molar-refractivity contribution in [1.29, 1.82) is 0 Å². The highest BCUT2D eigenvalue weighted by molar-refractivity contribution is 6.29. The Bertz CT molecular complexity index is 296. The molecule has 64 valence electrons. The summed E-state index contributed by atoms with van der Waals surface area (Å²) in [6, 6.07) is 2.19. The quantitative estimate of drug-likeness (QED) is 0.498. The molecule has 0 spiro atoms. The lowest BCUT2D eigenvalue weighted by molar-refractivity contribution is 0.0600. The van der Waals surface area contributed by atoms with Crippen molar-refractivity contribution in [1.82, 2.24) is 4.98 Å². The number of carbonyl (C=O) groups excluding carboxylic acids is 1. The first-order valence-electron chi connectivity index (χ1n) is 3.05. The lowest BCUT2D eigenvalue weighted by Gasteiger charge is -1.98. The molecule has 1 aromatic rings. The zero-order chi connectivity index (χ0) is 9.14. The van der Waals surface area contributed by atoms with E-state index in [1.165, 1.54) is 13.2 Å². The van der Waals surface area contributed by atoms with Gasteiger partial charge in [0.15, 0.2) is 0 Å². The molecule has 1 aromatic heterocycles. The first-order valence-corrected chi connectivity index (χ1v) is 3.42. The van der Waals surface area contributed by atoms with Gasteiger partial charge in [-0.1, -0.05) is 11.6 Å². The molecular weight excluding hydrogens is 185 g/mol. The van der Waals surface area contributed by atoms with E-state index in [1.54, 1.807) is 0 Å². The van der Waals surface area contributed by atoms with E-state index in [0.717, 1.165) is 6.07 Å². The fraction of sp³-hybridized carbons (Fsp3) is 0.143. The van der Waals surface area contributed by atoms with Crippen molar-refractivity contribution in [2.45, 2.75) is 0 Å². The molecule has 0 N–H and O–H groups in total. The number of nitrogens with zero attached hydrogens (tertiary/aromatic N) is 1. The van der Waals surface area contributed by atoms with Crippen LogP contribution in [0.4, 0.5) is 4.39 Å². The van der Waals surface area contributed by atoms with Gasteiger partial charge in [-0.3, -0.25) is 0 Å². The molecule has 12 heavy (non-hydrogen) atoms. The molecule has 0 amide bonds. The normalized spacial score (nSPS) is 9.58. The van der Waals surface area contributed by atoms with E-state index in [2.05, 4.69) is 9.72 Å². The number of ether oxygens (including phenoxy) is 1. The lowest BCUT2D eigenvalue weighted by atomic mass is 10.3. The second kappa shape index (κ2) is 3.49. The zero-order valence-electron chi connectivity index (χ0n) is 6.17. The molecule has 0 aliphatic carbocycles. The molecule has 0 aliphatic rings. The number of methoxy groups -OCH3 is 1. The molecule has 0 aromatic carbocycles. The van der Waals surface area contributed by atoms with Crippen molar-refractivity contribution < 1.29 is 13.9 Å². The summed E-state index contributed by atoms with van der Waals surface area (Å²) in [5, 5.41) is -0.0737. The summed E-state index contributed by atoms with van der Waals surface area (Å²) in [6.45, 7) is 0. The SMILES string of the molecule is COC(=O)c1cc(F)nc(Cl)c1. The molecule has 0 radical (unpaired) electrons. The van der Waals surface area contributed by atoms with Gasteiger partial charge in [-0.05, 0) is 6.07 Å². The van der Waals surface area contributed by atoms with E-state index in [-0.39, 0.29) is 10.7 Å². The summed E-state index contributed by atoms with van der Waals surface area (Å²) in [5.41, 5.74) is 0.0509. The van der Waals surface area contributed by atoms with Crippen LogP contribution in [-0.4, -0.2) is 18.1 Å². The number of aromatic nitrogens is 1. The summed E-state index contributed by atoms with van der Waals surface area (Å²) in [4.78, 5) is 14.1. The summed E-state index contributed by atoms with van der Waals surface area (Å²) in [6.07, 6.45) is 0. The minimum absolute atomic E-state index is 0.0509. The van der Waals surface area contributed by atoms with Gasteiger partial charge in [0.2, 0.25) is 5.95 Å². The monoisotopic (exact) mass is 189 g/mol. The average molecular weight is 190 g/mol. The zero-order valence-corrected chi connectivity index (χ0v) is 6.93. The van der Waals surface area contributed by atoms with Gasteiger partial charge >= 0.3 is 5.97 Å². The molecule has 0 unspecified atom stereocenters. The summed E-state index contributed by atoms with van der Waals surface area (Å²) >= 11 is 5.39. The Labute approximate surface area is 73.1 Å². The van der Waals surface area contributed by atoms with Gasteiger partial charge in [-0.2, -0.15) is 4.39 Å². The van der Waals surface area contributed by atoms with Crippen molar-refractivity contribution in [3.63, 3.8) is 0 Å². The van der Waals surface area contributed by atoms with Gasteiger partial charge in [0, 0.05) is 6.07 Å². The van der Waals surface area contributed by atoms with E-state index in [4.69, 9.17) is 11.6 Å². The van der Waals surface area contributed by atoms with E-state index < -0.39 is 11.9 Å². The topological polar surface area (TPSA) is 39.2 Å². The third-order valence-electron chi connectivity index (χ3n) is 1.18. The minimum Gasteiger partial charge on any atom is -0.465 e. The average Bonchev–Trinajstić information content (AvgIpc) is 2.01. The van der Waals surface area contributed by atoms with Crippen molar-refractivity contribution in [2.24, 2.45) is 0 Å². The van der Waals surface area contributed by atoms with Crippen LogP contribution in [0, 0.1) is 5.95 Å². The number of carbonyl (C=O) groups is 1. The molecule has 0 fully saturated rings. The molecule has 0 atom stereocenters. The Morgan fingerprint density at radius 1 is 1.67 bits per heavy atom. The molecule has 1 rings (SSSR count). The van der Waals surface area contributed by atoms with E-state index in [9.17, 15) is 9.18 Å². The van der Waals surface area contributed by atoms with Gasteiger partial charge in [-0.25, -0.2) is 9.78 Å². The van der Waals surface area contributed by atoms with Crippen LogP contribution in [0.25, 0.3) is 0 Å². The molecule has 0 saturated heterocycles. The molecule has 0 saturated carbocycles. The molecule has 1 heterocycles. The van der Waals surface area contributed by atoms with Gasteiger partial charge in [-0.15, -0.1) is 0 Å². The van der Waals surface area contributed by atoms with Crippen LogP contribution in [0.2, 0.25) is 5.15 Å². The molecule has 0 bridgehead atoms. The fourth-order valence-corrected chi connectivity index (χ4v) is 0.899. The maximum absolute atomic E-state index is 12.5. The van der Waals surface area contributed by atoms with E-state index >= 15 is 0 Å². The number of hydrogen-bond donors (Lipinski definition) is 0. The van der Waals surface area contributed by atoms with Crippen LogP contribution < -0.4 is 0 Å². The highest BCUT2D eigenvalue weighted by Crippen LogP contribution is 2.10. The number of pyridine rings is 1. The minimum atomic E-state index is -0.803. The third kappa shape index (κ3) is 1.92. The molecule has 5 heteroatoms. The van der Waals surface area contributed by atoms with Crippen molar-refractivity contribution in [2.75, 3.05) is 7.11 Å². The standard InChI is InChI=1S/C7H5ClFNO2/c1-12-7(11)4-2-5(8)10-6(9)3-4/h2-3H,1H3. The Balaban J connectivity index is 3.08. The second-order valence-electron chi connectivity index (χ2n) is 1.99. The largest absolute Gasteiger partial charge is 0.465 e. The smallest absolute Gasteiger partial charge is 0.338 e. The Morgan fingerprint density at radius 3 is 2.83 bits per heavy atom. The number of halogens is 2. The fourth-order valence-electron chi connectivity index (χ4n) is 0.701. The number of hydrogen-bond acceptors (Lipinski definition) is 3. The van der Waals surface area contributed by atoms with Crippen molar-refractivity contribution in [3.8, 4) is 0 Å². The van der Waals surface area contributed by atoms with Crippen LogP contribution in [0.1, 0.15) is 10.4 Å². The van der Waals surface area contributed by atoms with Crippen LogP contribution in [0.15, 0.2) is 12.1 Å². The van der Waals surface area contributed by atoms with Crippen LogP contribution in [0.3, 0.4) is 0 Å². The van der Waals surface area contributed by atoms with Crippen LogP contribution >= 0.6 is 11.6 Å². The van der Waals surface area contributed by atoms with Gasteiger partial charge in [0.25, 0.3) is 0 Å². The van der Waals surface area contributed by atoms with E-state index in [0.29, 0.717) is 0 Å². The van der Waals surface area contributed by atoms with Gasteiger partial charge in [0.1, 0.15) is 5.15 Å². The maximum Gasteiger partial charge on any atom is 0.338 e. The molecule has 3 nitrogen and oxygen atoms in total. The first-order chi connectivity index (χ1) is 5.63. The van der Waals surface area contributed by atoms with Crippen LogP contribution in [-0.2, 0) is 4.74 Å². The maximum atomic E-state index is 12.5. The van der Waals surface area contributed by atoms with Crippen molar-refractivity contribution in [3.05, 3.63) is 28.8 Å². The van der Waals surface area contributed by atoms with Crippen molar-refractivity contribution >= 4 is 17.6 Å². The Kier molecular flexibility index (Phi) is 2.60. The number of esters is 1. The summed E-state index contributed by atoms with van der Waals surface area (Å²) < 4.78 is 16.9. The predicted octanol–water partition coefficient (Wildman–Crippen LogP) is 1.66. The Morgan fingerprint density at radius 2 is 2.33 bits per heavy atom. The molecular formula is C7H5ClFNO2. The number of rotatable bonds is 1. The first kappa shape index (κ1) is 8.93. The Hall–Kier alpha value is -1.16. The van der Waals surface area contributed by atoms with Gasteiger partial charge in [0.05, 0.1) is 12.7 Å². The second-order valence-corrected chi connectivity index (χ2v) is 2.38. The van der Waals surface area contributed by atoms with Gasteiger partial charge < -0.3 is 4.74 Å².